The highest BCUT2D eigenvalue weighted by Gasteiger charge is 2.14. The SMILES string of the molecule is O=[N+]([O-])c1ccc(CS(=O)(=O)Nc2cccc(F)n2)cc1. The summed E-state index contributed by atoms with van der Waals surface area (Å²) in [5, 5.41) is 10.5. The topological polar surface area (TPSA) is 102 Å². The van der Waals surface area contributed by atoms with Crippen LogP contribution in [0.2, 0.25) is 0 Å². The van der Waals surface area contributed by atoms with Gasteiger partial charge in [0.15, 0.2) is 0 Å². The highest BCUT2D eigenvalue weighted by atomic mass is 32.2. The largest absolute Gasteiger partial charge is 0.269 e. The summed E-state index contributed by atoms with van der Waals surface area (Å²) in [7, 11) is -3.79. The predicted octanol–water partition coefficient (Wildman–Crippen LogP) is 2.07. The van der Waals surface area contributed by atoms with Crippen LogP contribution in [0, 0.1) is 16.1 Å². The minimum Gasteiger partial charge on any atom is -0.267 e. The zero-order chi connectivity index (χ0) is 15.5. The lowest BCUT2D eigenvalue weighted by Crippen LogP contribution is -2.16. The van der Waals surface area contributed by atoms with Crippen LogP contribution in [-0.2, 0) is 15.8 Å². The Labute approximate surface area is 119 Å². The highest BCUT2D eigenvalue weighted by molar-refractivity contribution is 7.91. The molecule has 1 aromatic heterocycles. The lowest BCUT2D eigenvalue weighted by atomic mass is 10.2. The molecular weight excluding hydrogens is 301 g/mol. The molecule has 1 heterocycles. The fraction of sp³-hybridized carbons (Fsp3) is 0.0833. The Morgan fingerprint density at radius 3 is 2.43 bits per heavy atom. The predicted molar refractivity (Wildman–Crippen MR) is 73.5 cm³/mol. The van der Waals surface area contributed by atoms with Gasteiger partial charge in [0, 0.05) is 12.1 Å². The van der Waals surface area contributed by atoms with Gasteiger partial charge in [-0.15, -0.1) is 0 Å². The van der Waals surface area contributed by atoms with Crippen LogP contribution in [0.15, 0.2) is 42.5 Å². The fourth-order valence-corrected chi connectivity index (χ4v) is 2.73. The Hall–Kier alpha value is -2.55. The molecule has 1 N–H and O–H groups in total. The van der Waals surface area contributed by atoms with Crippen LogP contribution in [0.25, 0.3) is 0 Å². The van der Waals surface area contributed by atoms with E-state index in [1.165, 1.54) is 36.4 Å². The van der Waals surface area contributed by atoms with E-state index < -0.39 is 26.6 Å². The summed E-state index contributed by atoms with van der Waals surface area (Å²) in [4.78, 5) is 13.3. The maximum Gasteiger partial charge on any atom is 0.269 e. The summed E-state index contributed by atoms with van der Waals surface area (Å²) in [6, 6.07) is 8.85. The highest BCUT2D eigenvalue weighted by Crippen LogP contribution is 2.15. The Morgan fingerprint density at radius 2 is 1.86 bits per heavy atom. The number of aromatic nitrogens is 1. The summed E-state index contributed by atoms with van der Waals surface area (Å²) < 4.78 is 38.8. The summed E-state index contributed by atoms with van der Waals surface area (Å²) in [5.41, 5.74) is 0.236. The summed E-state index contributed by atoms with van der Waals surface area (Å²) >= 11 is 0. The number of pyridine rings is 1. The van der Waals surface area contributed by atoms with Crippen molar-refractivity contribution in [2.24, 2.45) is 0 Å². The van der Waals surface area contributed by atoms with Crippen LogP contribution in [0.3, 0.4) is 0 Å². The average molecular weight is 311 g/mol. The number of non-ortho nitro benzene ring substituents is 1. The van der Waals surface area contributed by atoms with Gasteiger partial charge in [-0.1, -0.05) is 18.2 Å². The van der Waals surface area contributed by atoms with E-state index in [0.717, 1.165) is 6.07 Å². The third kappa shape index (κ3) is 4.21. The number of nitrogens with zero attached hydrogens (tertiary/aromatic N) is 2. The van der Waals surface area contributed by atoms with Crippen LogP contribution < -0.4 is 4.72 Å². The average Bonchev–Trinajstić information content (AvgIpc) is 2.38. The van der Waals surface area contributed by atoms with E-state index >= 15 is 0 Å². The molecule has 2 rings (SSSR count). The van der Waals surface area contributed by atoms with Crippen molar-refractivity contribution in [3.05, 3.63) is 64.1 Å². The minimum atomic E-state index is -3.79. The summed E-state index contributed by atoms with van der Waals surface area (Å²) in [5.74, 6) is -1.33. The first-order valence-electron chi connectivity index (χ1n) is 5.72. The number of nitro groups is 1. The summed E-state index contributed by atoms with van der Waals surface area (Å²) in [6.07, 6.45) is 0. The minimum absolute atomic E-state index is 0.128. The number of nitro benzene ring substituents is 1. The molecule has 2 aromatic rings. The molecule has 0 amide bonds. The van der Waals surface area contributed by atoms with Crippen molar-refractivity contribution in [3.63, 3.8) is 0 Å². The molecule has 0 spiro atoms. The van der Waals surface area contributed by atoms with Gasteiger partial charge in [0.2, 0.25) is 16.0 Å². The van der Waals surface area contributed by atoms with Crippen molar-refractivity contribution in [2.45, 2.75) is 5.75 Å². The van der Waals surface area contributed by atoms with E-state index in [0.29, 0.717) is 5.56 Å². The van der Waals surface area contributed by atoms with Crippen LogP contribution in [-0.4, -0.2) is 18.3 Å². The van der Waals surface area contributed by atoms with Crippen LogP contribution in [0.1, 0.15) is 5.56 Å². The molecule has 0 saturated carbocycles. The van der Waals surface area contributed by atoms with Gasteiger partial charge in [-0.05, 0) is 17.7 Å². The van der Waals surface area contributed by atoms with Gasteiger partial charge in [-0.25, -0.2) is 13.4 Å². The van der Waals surface area contributed by atoms with Gasteiger partial charge in [-0.2, -0.15) is 4.39 Å². The van der Waals surface area contributed by atoms with Crippen LogP contribution in [0.4, 0.5) is 15.9 Å². The number of rotatable bonds is 5. The molecule has 0 fully saturated rings. The molecule has 0 aliphatic heterocycles. The zero-order valence-electron chi connectivity index (χ0n) is 10.6. The molecule has 0 aliphatic carbocycles. The maximum atomic E-state index is 12.9. The van der Waals surface area contributed by atoms with Crippen LogP contribution >= 0.6 is 0 Å². The molecule has 0 bridgehead atoms. The molecule has 7 nitrogen and oxygen atoms in total. The van der Waals surface area contributed by atoms with Crippen molar-refractivity contribution >= 4 is 21.5 Å². The lowest BCUT2D eigenvalue weighted by molar-refractivity contribution is -0.384. The van der Waals surface area contributed by atoms with E-state index in [1.54, 1.807) is 0 Å². The molecule has 0 unspecified atom stereocenters. The molecule has 0 saturated heterocycles. The number of hydrogen-bond donors (Lipinski definition) is 1. The molecule has 21 heavy (non-hydrogen) atoms. The zero-order valence-corrected chi connectivity index (χ0v) is 11.4. The maximum absolute atomic E-state index is 12.9. The van der Waals surface area contributed by atoms with Crippen molar-refractivity contribution in [3.8, 4) is 0 Å². The van der Waals surface area contributed by atoms with Gasteiger partial charge >= 0.3 is 0 Å². The van der Waals surface area contributed by atoms with Gasteiger partial charge < -0.3 is 0 Å². The molecule has 1 aromatic carbocycles. The first-order valence-corrected chi connectivity index (χ1v) is 7.37. The number of hydrogen-bond acceptors (Lipinski definition) is 5. The number of nitrogens with one attached hydrogen (secondary N) is 1. The number of benzene rings is 1. The lowest BCUT2D eigenvalue weighted by Gasteiger charge is -2.07. The Bertz CT molecular complexity index is 762. The fourth-order valence-electron chi connectivity index (χ4n) is 1.59. The Morgan fingerprint density at radius 1 is 1.19 bits per heavy atom. The van der Waals surface area contributed by atoms with Crippen molar-refractivity contribution in [1.29, 1.82) is 0 Å². The Balaban J connectivity index is 2.12. The number of anilines is 1. The number of sulfonamides is 1. The first kappa shape index (κ1) is 14.9. The van der Waals surface area contributed by atoms with Gasteiger partial charge in [-0.3, -0.25) is 14.8 Å². The second-order valence-electron chi connectivity index (χ2n) is 4.13. The third-order valence-electron chi connectivity index (χ3n) is 2.48. The first-order chi connectivity index (χ1) is 9.85. The Kier molecular flexibility index (Phi) is 4.13. The monoisotopic (exact) mass is 311 g/mol. The van der Waals surface area contributed by atoms with Gasteiger partial charge in [0.05, 0.1) is 10.7 Å². The molecule has 0 atom stereocenters. The van der Waals surface area contributed by atoms with E-state index in [-0.39, 0.29) is 11.5 Å². The molecular formula is C12H10FN3O4S. The van der Waals surface area contributed by atoms with Crippen molar-refractivity contribution < 1.29 is 17.7 Å². The third-order valence-corrected chi connectivity index (χ3v) is 3.71. The van der Waals surface area contributed by atoms with E-state index in [4.69, 9.17) is 0 Å². The molecule has 0 radical (unpaired) electrons. The normalized spacial score (nSPS) is 11.1. The van der Waals surface area contributed by atoms with Crippen LogP contribution in [0.5, 0.6) is 0 Å². The van der Waals surface area contributed by atoms with Gasteiger partial charge in [0.25, 0.3) is 5.69 Å². The van der Waals surface area contributed by atoms with E-state index in [9.17, 15) is 22.9 Å². The molecule has 9 heteroatoms. The quantitative estimate of drug-likeness (QED) is 0.517. The standard InChI is InChI=1S/C12H10FN3O4S/c13-11-2-1-3-12(14-11)15-21(19,20)8-9-4-6-10(7-5-9)16(17)18/h1-7H,8H2,(H,14,15). The second-order valence-corrected chi connectivity index (χ2v) is 5.85. The van der Waals surface area contributed by atoms with Gasteiger partial charge in [0.1, 0.15) is 5.82 Å². The number of halogens is 1. The smallest absolute Gasteiger partial charge is 0.267 e. The molecule has 110 valence electrons. The second kappa shape index (κ2) is 5.83. The van der Waals surface area contributed by atoms with E-state index in [2.05, 4.69) is 9.71 Å². The molecule has 0 aliphatic rings. The summed E-state index contributed by atoms with van der Waals surface area (Å²) in [6.45, 7) is 0. The van der Waals surface area contributed by atoms with E-state index in [1.807, 2.05) is 0 Å². The van der Waals surface area contributed by atoms with Crippen molar-refractivity contribution in [1.82, 2.24) is 4.98 Å². The van der Waals surface area contributed by atoms with Crippen molar-refractivity contribution in [2.75, 3.05) is 4.72 Å².